The van der Waals surface area contributed by atoms with Gasteiger partial charge in [0.25, 0.3) is 0 Å². The monoisotopic (exact) mass is 320 g/mol. The van der Waals surface area contributed by atoms with Crippen molar-refractivity contribution in [3.63, 3.8) is 0 Å². The van der Waals surface area contributed by atoms with Gasteiger partial charge in [0.1, 0.15) is 0 Å². The average molecular weight is 320 g/mol. The van der Waals surface area contributed by atoms with Crippen LogP contribution in [0.15, 0.2) is 59.7 Å². The summed E-state index contributed by atoms with van der Waals surface area (Å²) in [7, 11) is 0. The largest absolute Gasteiger partial charge is 0.347 e. The maximum absolute atomic E-state index is 11.7. The zero-order chi connectivity index (χ0) is 16.4. The van der Waals surface area contributed by atoms with Crippen LogP contribution in [0.5, 0.6) is 0 Å². The van der Waals surface area contributed by atoms with E-state index in [1.807, 2.05) is 24.3 Å². The van der Waals surface area contributed by atoms with Gasteiger partial charge < -0.3 is 5.32 Å². The van der Waals surface area contributed by atoms with Gasteiger partial charge in [-0.25, -0.2) is 9.78 Å². The Morgan fingerprint density at radius 2 is 2.08 bits per heavy atom. The van der Waals surface area contributed by atoms with E-state index in [0.717, 1.165) is 11.3 Å². The molecule has 0 aliphatic heterocycles. The second-order valence-electron chi connectivity index (χ2n) is 5.10. The Bertz CT molecular complexity index is 1050. The molecule has 24 heavy (non-hydrogen) atoms. The van der Waals surface area contributed by atoms with E-state index in [1.165, 1.54) is 10.8 Å². The van der Waals surface area contributed by atoms with E-state index in [2.05, 4.69) is 30.9 Å². The van der Waals surface area contributed by atoms with Crippen molar-refractivity contribution in [1.29, 1.82) is 0 Å². The molecular weight excluding hydrogens is 308 g/mol. The maximum Gasteiger partial charge on any atom is 0.347 e. The molecule has 3 heterocycles. The molecule has 0 spiro atoms. The Morgan fingerprint density at radius 1 is 1.12 bits per heavy atom. The fourth-order valence-corrected chi connectivity index (χ4v) is 2.32. The predicted octanol–water partition coefficient (Wildman–Crippen LogP) is 0.868. The molecule has 0 saturated carbocycles. The van der Waals surface area contributed by atoms with Crippen LogP contribution in [0.3, 0.4) is 0 Å². The molecular formula is C15H12N8O. The number of benzene rings is 1. The maximum atomic E-state index is 11.7. The van der Waals surface area contributed by atoms with Crippen LogP contribution >= 0.6 is 0 Å². The van der Waals surface area contributed by atoms with E-state index in [9.17, 15) is 4.79 Å². The molecule has 4 rings (SSSR count). The highest BCUT2D eigenvalue weighted by Gasteiger charge is 2.03. The van der Waals surface area contributed by atoms with Crippen molar-refractivity contribution in [2.75, 3.05) is 5.32 Å². The van der Waals surface area contributed by atoms with Crippen molar-refractivity contribution in [3.05, 3.63) is 70.9 Å². The van der Waals surface area contributed by atoms with Crippen LogP contribution < -0.4 is 11.0 Å². The third-order valence-corrected chi connectivity index (χ3v) is 3.40. The number of nitrogens with one attached hydrogen (secondary N) is 1. The van der Waals surface area contributed by atoms with Crippen LogP contribution in [0.1, 0.15) is 5.56 Å². The first-order valence-corrected chi connectivity index (χ1v) is 7.21. The minimum Gasteiger partial charge on any atom is -0.339 e. The molecule has 1 aromatic carbocycles. The van der Waals surface area contributed by atoms with E-state index in [-0.39, 0.29) is 5.69 Å². The van der Waals surface area contributed by atoms with Gasteiger partial charge >= 0.3 is 5.69 Å². The normalized spacial score (nSPS) is 10.8. The number of rotatable bonds is 4. The molecule has 0 aliphatic carbocycles. The molecule has 0 saturated heterocycles. The van der Waals surface area contributed by atoms with Gasteiger partial charge in [-0.3, -0.25) is 4.57 Å². The van der Waals surface area contributed by atoms with E-state index < -0.39 is 0 Å². The molecule has 0 atom stereocenters. The molecule has 3 aromatic heterocycles. The smallest absolute Gasteiger partial charge is 0.339 e. The van der Waals surface area contributed by atoms with Gasteiger partial charge in [-0.15, -0.1) is 14.8 Å². The topological polar surface area (TPSA) is 103 Å². The van der Waals surface area contributed by atoms with Crippen LogP contribution in [0, 0.1) is 0 Å². The Balaban J connectivity index is 1.58. The van der Waals surface area contributed by atoms with Crippen molar-refractivity contribution >= 4 is 17.2 Å². The molecule has 0 bridgehead atoms. The van der Waals surface area contributed by atoms with Gasteiger partial charge in [0, 0.05) is 18.1 Å². The van der Waals surface area contributed by atoms with Crippen LogP contribution in [-0.4, -0.2) is 34.8 Å². The van der Waals surface area contributed by atoms with Crippen molar-refractivity contribution in [2.24, 2.45) is 0 Å². The second-order valence-corrected chi connectivity index (χ2v) is 5.10. The number of hydrogen-bond donors (Lipinski definition) is 1. The minimum atomic E-state index is -0.276. The average Bonchev–Trinajstić information content (AvgIpc) is 3.05. The fourth-order valence-electron chi connectivity index (χ4n) is 2.32. The third kappa shape index (κ3) is 2.82. The first-order valence-electron chi connectivity index (χ1n) is 7.21. The molecule has 0 aliphatic rings. The Hall–Kier alpha value is -3.62. The molecule has 118 valence electrons. The lowest BCUT2D eigenvalue weighted by atomic mass is 10.2. The third-order valence-electron chi connectivity index (χ3n) is 3.40. The van der Waals surface area contributed by atoms with Crippen LogP contribution in [0.25, 0.3) is 5.65 Å². The summed E-state index contributed by atoms with van der Waals surface area (Å²) in [6.07, 6.45) is 3.19. The highest BCUT2D eigenvalue weighted by atomic mass is 16.1. The number of aromatic nitrogens is 7. The molecule has 9 heteroatoms. The lowest BCUT2D eigenvalue weighted by Crippen LogP contribution is -2.21. The van der Waals surface area contributed by atoms with Crippen LogP contribution in [-0.2, 0) is 6.54 Å². The van der Waals surface area contributed by atoms with E-state index in [4.69, 9.17) is 0 Å². The first kappa shape index (κ1) is 14.0. The van der Waals surface area contributed by atoms with E-state index >= 15 is 0 Å². The van der Waals surface area contributed by atoms with Gasteiger partial charge in [-0.05, 0) is 46.3 Å². The predicted molar refractivity (Wildman–Crippen MR) is 85.9 cm³/mol. The Labute approximate surface area is 135 Å². The summed E-state index contributed by atoms with van der Waals surface area (Å²) in [6, 6.07) is 13.0. The molecule has 0 unspecified atom stereocenters. The van der Waals surface area contributed by atoms with Crippen molar-refractivity contribution < 1.29 is 0 Å². The molecule has 0 fully saturated rings. The van der Waals surface area contributed by atoms with Crippen molar-refractivity contribution in [2.45, 2.75) is 6.54 Å². The first-order chi connectivity index (χ1) is 11.8. The summed E-state index contributed by atoms with van der Waals surface area (Å²) < 4.78 is 2.89. The van der Waals surface area contributed by atoms with Gasteiger partial charge in [-0.1, -0.05) is 12.1 Å². The number of tetrazole rings is 1. The Kier molecular flexibility index (Phi) is 3.43. The summed E-state index contributed by atoms with van der Waals surface area (Å²) in [4.78, 5) is 15.5. The lowest BCUT2D eigenvalue weighted by molar-refractivity contribution is 0.727. The van der Waals surface area contributed by atoms with Gasteiger partial charge in [0.15, 0.2) is 11.5 Å². The summed E-state index contributed by atoms with van der Waals surface area (Å²) in [5.41, 5.74) is 2.12. The summed E-state index contributed by atoms with van der Waals surface area (Å²) in [6.45, 7) is 0.446. The number of nitrogens with zero attached hydrogens (tertiary/aromatic N) is 7. The number of hydrogen-bond acceptors (Lipinski definition) is 7. The molecule has 0 amide bonds. The van der Waals surface area contributed by atoms with Gasteiger partial charge in [0.05, 0.1) is 6.54 Å². The molecule has 9 nitrogen and oxygen atoms in total. The molecule has 1 N–H and O–H groups in total. The highest BCUT2D eigenvalue weighted by Crippen LogP contribution is 2.16. The second kappa shape index (κ2) is 5.88. The quantitative estimate of drug-likeness (QED) is 0.595. The van der Waals surface area contributed by atoms with Gasteiger partial charge in [0.2, 0.25) is 0 Å². The van der Waals surface area contributed by atoms with Gasteiger partial charge in [-0.2, -0.15) is 0 Å². The highest BCUT2D eigenvalue weighted by molar-refractivity contribution is 5.57. The standard InChI is InChI=1S/C15H12N8O/c24-15-16-7-2-8-22(15)10-11-3-1-4-12(9-11)17-13-5-6-14-18-20-21-23(14)19-13/h1-9H,10H2,(H,17,19). The number of anilines is 2. The molecule has 4 aromatic rings. The lowest BCUT2D eigenvalue weighted by Gasteiger charge is -2.08. The Morgan fingerprint density at radius 3 is 3.00 bits per heavy atom. The van der Waals surface area contributed by atoms with E-state index in [0.29, 0.717) is 18.0 Å². The summed E-state index contributed by atoms with van der Waals surface area (Å²) in [5.74, 6) is 0.616. The fraction of sp³-hybridized carbons (Fsp3) is 0.0667. The zero-order valence-corrected chi connectivity index (χ0v) is 12.4. The van der Waals surface area contributed by atoms with Crippen LogP contribution in [0.4, 0.5) is 11.5 Å². The minimum absolute atomic E-state index is 0.276. The SMILES string of the molecule is O=c1ncccn1Cc1cccc(Nc2ccc3nnnn3n2)c1. The van der Waals surface area contributed by atoms with Crippen molar-refractivity contribution in [1.82, 2.24) is 34.8 Å². The van der Waals surface area contributed by atoms with E-state index in [1.54, 1.807) is 29.0 Å². The van der Waals surface area contributed by atoms with Crippen LogP contribution in [0.2, 0.25) is 0 Å². The summed E-state index contributed by atoms with van der Waals surface area (Å²) in [5, 5.41) is 18.6. The van der Waals surface area contributed by atoms with Crippen molar-refractivity contribution in [3.8, 4) is 0 Å². The summed E-state index contributed by atoms with van der Waals surface area (Å²) >= 11 is 0. The molecule has 0 radical (unpaired) electrons. The zero-order valence-electron chi connectivity index (χ0n) is 12.4. The number of fused-ring (bicyclic) bond motifs is 1.